The lowest BCUT2D eigenvalue weighted by Crippen LogP contribution is -2.32. The van der Waals surface area contributed by atoms with Gasteiger partial charge in [-0.05, 0) is 13.3 Å². The Morgan fingerprint density at radius 3 is 2.67 bits per heavy atom. The number of carbonyl (C=O) groups is 2. The first-order chi connectivity index (χ1) is 11.4. The molecule has 1 amide bonds. The van der Waals surface area contributed by atoms with Crippen LogP contribution < -0.4 is 0 Å². The first kappa shape index (κ1) is 20.8. The minimum atomic E-state index is -0.334. The number of unbranched alkanes of at least 4 members (excludes halogenated alkanes) is 5. The van der Waals surface area contributed by atoms with Gasteiger partial charge in [-0.2, -0.15) is 0 Å². The Labute approximate surface area is 150 Å². The molecule has 1 rings (SSSR count). The van der Waals surface area contributed by atoms with Crippen molar-refractivity contribution in [1.29, 1.82) is 0 Å². The van der Waals surface area contributed by atoms with E-state index in [0.717, 1.165) is 12.8 Å². The van der Waals surface area contributed by atoms with Crippen LogP contribution in [0.3, 0.4) is 0 Å². The Morgan fingerprint density at radius 2 is 2.00 bits per heavy atom. The summed E-state index contributed by atoms with van der Waals surface area (Å²) >= 11 is 1.32. The highest BCUT2D eigenvalue weighted by atomic mass is 32.2. The van der Waals surface area contributed by atoms with Crippen LogP contribution >= 0.6 is 11.8 Å². The molecule has 136 valence electrons. The number of likely N-dealkylation sites (N-methyl/N-ethyl adjacent to an activating group) is 1. The maximum atomic E-state index is 12.0. The number of hydrogen-bond acceptors (Lipinski definition) is 4. The van der Waals surface area contributed by atoms with Crippen molar-refractivity contribution in [2.75, 3.05) is 20.2 Å². The highest BCUT2D eigenvalue weighted by Gasteiger charge is 2.39. The molecule has 5 heteroatoms. The summed E-state index contributed by atoms with van der Waals surface area (Å²) in [5, 5.41) is 0.0189. The number of carbonyl (C=O) groups excluding carboxylic acids is 2. The maximum absolute atomic E-state index is 12.0. The molecular weight excluding hydrogens is 322 g/mol. The van der Waals surface area contributed by atoms with Gasteiger partial charge in [0.2, 0.25) is 5.12 Å². The fraction of sp³-hybridized carbons (Fsp3) is 0.684. The SMILES string of the molecule is C=CCN(C)C(=O)COC1=CC(=O)SC1(C)CCCCCCCC. The lowest BCUT2D eigenvalue weighted by molar-refractivity contribution is -0.133. The van der Waals surface area contributed by atoms with E-state index in [-0.39, 0.29) is 22.4 Å². The summed E-state index contributed by atoms with van der Waals surface area (Å²) in [4.78, 5) is 25.4. The summed E-state index contributed by atoms with van der Waals surface area (Å²) < 4.78 is 5.37. The average Bonchev–Trinajstić information content (AvgIpc) is 2.82. The van der Waals surface area contributed by atoms with Crippen LogP contribution in [0, 0.1) is 0 Å². The van der Waals surface area contributed by atoms with Crippen LogP contribution in [0.25, 0.3) is 0 Å². The molecule has 0 fully saturated rings. The van der Waals surface area contributed by atoms with Gasteiger partial charge in [-0.25, -0.2) is 0 Å². The fourth-order valence-electron chi connectivity index (χ4n) is 2.72. The molecule has 1 aliphatic rings. The minimum Gasteiger partial charge on any atom is -0.486 e. The number of amides is 1. The van der Waals surface area contributed by atoms with Gasteiger partial charge in [0.15, 0.2) is 6.61 Å². The van der Waals surface area contributed by atoms with E-state index in [1.807, 2.05) is 6.92 Å². The van der Waals surface area contributed by atoms with Gasteiger partial charge in [0.1, 0.15) is 5.76 Å². The normalized spacial score (nSPS) is 20.0. The zero-order valence-electron chi connectivity index (χ0n) is 15.3. The molecule has 0 spiro atoms. The average molecular weight is 354 g/mol. The fourth-order valence-corrected chi connectivity index (χ4v) is 3.79. The number of nitrogens with zero attached hydrogens (tertiary/aromatic N) is 1. The van der Waals surface area contributed by atoms with Crippen molar-refractivity contribution >= 4 is 22.8 Å². The summed E-state index contributed by atoms with van der Waals surface area (Å²) in [6.07, 6.45) is 11.4. The van der Waals surface area contributed by atoms with Crippen LogP contribution in [0.2, 0.25) is 0 Å². The van der Waals surface area contributed by atoms with Crippen LogP contribution in [0.1, 0.15) is 58.8 Å². The second kappa shape index (κ2) is 10.6. The smallest absolute Gasteiger partial charge is 0.260 e. The molecule has 1 aliphatic heterocycles. The molecule has 0 saturated carbocycles. The standard InChI is InChI=1S/C19H31NO3S/c1-5-7-8-9-10-11-12-19(3)16(14-18(22)24-19)23-15-17(21)20(4)13-6-2/h6,14H,2,5,7-13,15H2,1,3-4H3. The number of ether oxygens (including phenoxy) is 1. The Kier molecular flexibility index (Phi) is 9.19. The Balaban J connectivity index is 2.45. The molecule has 0 bridgehead atoms. The lowest BCUT2D eigenvalue weighted by Gasteiger charge is -2.26. The van der Waals surface area contributed by atoms with Gasteiger partial charge < -0.3 is 9.64 Å². The summed E-state index contributed by atoms with van der Waals surface area (Å²) in [5.74, 6) is 0.536. The first-order valence-electron chi connectivity index (χ1n) is 8.85. The van der Waals surface area contributed by atoms with E-state index in [9.17, 15) is 9.59 Å². The van der Waals surface area contributed by atoms with Gasteiger partial charge in [-0.15, -0.1) is 6.58 Å². The third-order valence-corrected chi connectivity index (χ3v) is 5.46. The summed E-state index contributed by atoms with van der Waals surface area (Å²) in [7, 11) is 1.71. The zero-order valence-corrected chi connectivity index (χ0v) is 16.1. The molecule has 0 aliphatic carbocycles. The number of thioether (sulfide) groups is 1. The Bertz CT molecular complexity index is 475. The van der Waals surface area contributed by atoms with Crippen molar-refractivity contribution in [2.24, 2.45) is 0 Å². The van der Waals surface area contributed by atoms with Gasteiger partial charge in [0, 0.05) is 19.7 Å². The van der Waals surface area contributed by atoms with Crippen molar-refractivity contribution in [3.05, 3.63) is 24.5 Å². The third-order valence-electron chi connectivity index (χ3n) is 4.28. The van der Waals surface area contributed by atoms with Gasteiger partial charge in [0.25, 0.3) is 5.91 Å². The van der Waals surface area contributed by atoms with Crippen LogP contribution in [0.15, 0.2) is 24.5 Å². The Morgan fingerprint density at radius 1 is 1.33 bits per heavy atom. The molecule has 1 heterocycles. The molecule has 0 radical (unpaired) electrons. The van der Waals surface area contributed by atoms with E-state index in [0.29, 0.717) is 12.3 Å². The van der Waals surface area contributed by atoms with Crippen molar-refractivity contribution in [2.45, 2.75) is 63.5 Å². The summed E-state index contributed by atoms with van der Waals surface area (Å²) in [5.41, 5.74) is 0. The topological polar surface area (TPSA) is 46.6 Å². The monoisotopic (exact) mass is 353 g/mol. The lowest BCUT2D eigenvalue weighted by atomic mass is 9.99. The molecule has 24 heavy (non-hydrogen) atoms. The molecule has 0 N–H and O–H groups in total. The molecule has 0 aromatic heterocycles. The summed E-state index contributed by atoms with van der Waals surface area (Å²) in [6, 6.07) is 0. The van der Waals surface area contributed by atoms with Crippen molar-refractivity contribution in [3.8, 4) is 0 Å². The van der Waals surface area contributed by atoms with E-state index in [2.05, 4.69) is 13.5 Å². The molecular formula is C19H31NO3S. The van der Waals surface area contributed by atoms with Gasteiger partial charge in [-0.3, -0.25) is 9.59 Å². The number of hydrogen-bond donors (Lipinski definition) is 0. The van der Waals surface area contributed by atoms with Crippen molar-refractivity contribution < 1.29 is 14.3 Å². The third kappa shape index (κ3) is 6.71. The minimum absolute atomic E-state index is 0.0189. The van der Waals surface area contributed by atoms with Gasteiger partial charge in [0.05, 0.1) is 4.75 Å². The van der Waals surface area contributed by atoms with E-state index in [1.165, 1.54) is 43.9 Å². The van der Waals surface area contributed by atoms with Crippen molar-refractivity contribution in [3.63, 3.8) is 0 Å². The predicted molar refractivity (Wildman–Crippen MR) is 101 cm³/mol. The zero-order chi connectivity index (χ0) is 18.0. The second-order valence-electron chi connectivity index (χ2n) is 6.53. The van der Waals surface area contributed by atoms with Gasteiger partial charge in [-0.1, -0.05) is 63.3 Å². The first-order valence-corrected chi connectivity index (χ1v) is 9.67. The highest BCUT2D eigenvalue weighted by Crippen LogP contribution is 2.44. The maximum Gasteiger partial charge on any atom is 0.260 e. The second-order valence-corrected chi connectivity index (χ2v) is 8.04. The van der Waals surface area contributed by atoms with Crippen LogP contribution in [-0.4, -0.2) is 40.9 Å². The molecule has 1 atom stereocenters. The molecule has 0 aromatic carbocycles. The molecule has 0 saturated heterocycles. The number of rotatable bonds is 12. The summed E-state index contributed by atoms with van der Waals surface area (Å²) in [6.45, 7) is 8.33. The highest BCUT2D eigenvalue weighted by molar-refractivity contribution is 8.15. The van der Waals surface area contributed by atoms with E-state index >= 15 is 0 Å². The van der Waals surface area contributed by atoms with Crippen LogP contribution in [0.5, 0.6) is 0 Å². The molecule has 1 unspecified atom stereocenters. The van der Waals surface area contributed by atoms with Crippen molar-refractivity contribution in [1.82, 2.24) is 4.90 Å². The van der Waals surface area contributed by atoms with E-state index in [1.54, 1.807) is 24.1 Å². The van der Waals surface area contributed by atoms with E-state index in [4.69, 9.17) is 4.74 Å². The predicted octanol–water partition coefficient (Wildman–Crippen LogP) is 4.31. The van der Waals surface area contributed by atoms with Crippen LogP contribution in [-0.2, 0) is 14.3 Å². The quantitative estimate of drug-likeness (QED) is 0.387. The van der Waals surface area contributed by atoms with Crippen LogP contribution in [0.4, 0.5) is 0 Å². The van der Waals surface area contributed by atoms with E-state index < -0.39 is 0 Å². The molecule has 0 aromatic rings. The Hall–Kier alpha value is -1.23. The largest absolute Gasteiger partial charge is 0.486 e. The van der Waals surface area contributed by atoms with Gasteiger partial charge >= 0.3 is 0 Å². The molecule has 4 nitrogen and oxygen atoms in total.